The Morgan fingerprint density at radius 3 is 2.82 bits per heavy atom. The Hall–Kier alpha value is -1.14. The molecule has 0 unspecified atom stereocenters. The van der Waals surface area contributed by atoms with Crippen molar-refractivity contribution in [2.24, 2.45) is 0 Å². The molecule has 0 aliphatic carbocycles. The van der Waals surface area contributed by atoms with Crippen LogP contribution in [0.3, 0.4) is 0 Å². The van der Waals surface area contributed by atoms with Gasteiger partial charge in [0.1, 0.15) is 0 Å². The van der Waals surface area contributed by atoms with E-state index >= 15 is 0 Å². The molecule has 0 radical (unpaired) electrons. The normalized spacial score (nSPS) is 10.8. The molecule has 1 heterocycles. The summed E-state index contributed by atoms with van der Waals surface area (Å²) < 4.78 is 0. The van der Waals surface area contributed by atoms with Crippen LogP contribution in [0.1, 0.15) is 17.0 Å². The number of thiazole rings is 1. The number of aromatic nitrogens is 1. The standard InChI is InChI=1S/C11H19N3O2S/c1-8-9(7-10(15)16)17-11(13-8)12-5-4-6-14(2)3/h4-7H2,1-3H3,(H,12,13)(H,15,16). The molecule has 0 saturated carbocycles. The molecule has 1 aromatic rings. The number of hydrogen-bond acceptors (Lipinski definition) is 5. The van der Waals surface area contributed by atoms with Crippen molar-refractivity contribution in [3.05, 3.63) is 10.6 Å². The summed E-state index contributed by atoms with van der Waals surface area (Å²) in [6.45, 7) is 3.73. The van der Waals surface area contributed by atoms with E-state index in [9.17, 15) is 4.79 Å². The van der Waals surface area contributed by atoms with Gasteiger partial charge in [-0.05, 0) is 34.0 Å². The second-order valence-electron chi connectivity index (χ2n) is 4.18. The first-order valence-corrected chi connectivity index (χ1v) is 6.37. The van der Waals surface area contributed by atoms with Gasteiger partial charge in [-0.3, -0.25) is 4.79 Å². The van der Waals surface area contributed by atoms with Gasteiger partial charge in [-0.2, -0.15) is 0 Å². The van der Waals surface area contributed by atoms with Crippen molar-refractivity contribution in [1.82, 2.24) is 9.88 Å². The van der Waals surface area contributed by atoms with Crippen LogP contribution < -0.4 is 5.32 Å². The molecule has 0 saturated heterocycles. The molecule has 0 aromatic carbocycles. The monoisotopic (exact) mass is 257 g/mol. The van der Waals surface area contributed by atoms with Gasteiger partial charge in [0.25, 0.3) is 0 Å². The maximum absolute atomic E-state index is 10.6. The molecule has 0 bridgehead atoms. The molecule has 0 aliphatic heterocycles. The third-order valence-corrected chi connectivity index (χ3v) is 3.38. The number of aliphatic carboxylic acids is 1. The molecular formula is C11H19N3O2S. The Morgan fingerprint density at radius 2 is 2.24 bits per heavy atom. The zero-order chi connectivity index (χ0) is 12.8. The quantitative estimate of drug-likeness (QED) is 0.724. The van der Waals surface area contributed by atoms with E-state index in [2.05, 4.69) is 15.2 Å². The first-order chi connectivity index (χ1) is 7.99. The molecule has 0 spiro atoms. The zero-order valence-corrected chi connectivity index (χ0v) is 11.3. The minimum absolute atomic E-state index is 0.0584. The highest BCUT2D eigenvalue weighted by atomic mass is 32.1. The van der Waals surface area contributed by atoms with Crippen molar-refractivity contribution in [2.45, 2.75) is 19.8 Å². The van der Waals surface area contributed by atoms with Crippen LogP contribution in [0.4, 0.5) is 5.13 Å². The molecule has 17 heavy (non-hydrogen) atoms. The number of carbonyl (C=O) groups is 1. The van der Waals surface area contributed by atoms with E-state index in [1.165, 1.54) is 11.3 Å². The molecule has 0 amide bonds. The molecule has 5 nitrogen and oxygen atoms in total. The summed E-state index contributed by atoms with van der Waals surface area (Å²) in [5.41, 5.74) is 0.813. The van der Waals surface area contributed by atoms with E-state index in [0.29, 0.717) is 0 Å². The van der Waals surface area contributed by atoms with Gasteiger partial charge in [-0.15, -0.1) is 11.3 Å². The predicted octanol–water partition coefficient (Wildman–Crippen LogP) is 1.44. The van der Waals surface area contributed by atoms with Crippen LogP contribution in [0.5, 0.6) is 0 Å². The van der Waals surface area contributed by atoms with Gasteiger partial charge in [-0.1, -0.05) is 0 Å². The first kappa shape index (κ1) is 13.9. The summed E-state index contributed by atoms with van der Waals surface area (Å²) in [6.07, 6.45) is 1.10. The van der Waals surface area contributed by atoms with Crippen molar-refractivity contribution in [3.63, 3.8) is 0 Å². The fourth-order valence-corrected chi connectivity index (χ4v) is 2.37. The summed E-state index contributed by atoms with van der Waals surface area (Å²) in [5.74, 6) is -0.809. The van der Waals surface area contributed by atoms with Crippen LogP contribution >= 0.6 is 11.3 Å². The minimum atomic E-state index is -0.809. The summed E-state index contributed by atoms with van der Waals surface area (Å²) in [7, 11) is 4.08. The van der Waals surface area contributed by atoms with Crippen molar-refractivity contribution in [3.8, 4) is 0 Å². The van der Waals surface area contributed by atoms with Gasteiger partial charge in [0.2, 0.25) is 0 Å². The van der Waals surface area contributed by atoms with E-state index in [1.54, 1.807) is 0 Å². The molecule has 0 aliphatic rings. The highest BCUT2D eigenvalue weighted by Gasteiger charge is 2.10. The van der Waals surface area contributed by atoms with E-state index in [1.807, 2.05) is 21.0 Å². The molecule has 2 N–H and O–H groups in total. The number of nitrogens with one attached hydrogen (secondary N) is 1. The Morgan fingerprint density at radius 1 is 1.53 bits per heavy atom. The fourth-order valence-electron chi connectivity index (χ4n) is 1.40. The highest BCUT2D eigenvalue weighted by molar-refractivity contribution is 7.15. The van der Waals surface area contributed by atoms with Crippen molar-refractivity contribution in [2.75, 3.05) is 32.5 Å². The maximum atomic E-state index is 10.6. The van der Waals surface area contributed by atoms with Gasteiger partial charge in [0, 0.05) is 11.4 Å². The lowest BCUT2D eigenvalue weighted by Gasteiger charge is -2.08. The fraction of sp³-hybridized carbons (Fsp3) is 0.636. The van der Waals surface area contributed by atoms with Crippen molar-refractivity contribution in [1.29, 1.82) is 0 Å². The largest absolute Gasteiger partial charge is 0.481 e. The van der Waals surface area contributed by atoms with Crippen LogP contribution in [-0.2, 0) is 11.2 Å². The van der Waals surface area contributed by atoms with Crippen LogP contribution in [0.2, 0.25) is 0 Å². The number of rotatable bonds is 7. The van der Waals surface area contributed by atoms with E-state index in [0.717, 1.165) is 35.2 Å². The molecule has 0 atom stereocenters. The molecule has 1 aromatic heterocycles. The summed E-state index contributed by atoms with van der Waals surface area (Å²) in [4.78, 5) is 17.9. The minimum Gasteiger partial charge on any atom is -0.481 e. The number of carboxylic acid groups (broad SMARTS) is 1. The lowest BCUT2D eigenvalue weighted by atomic mass is 10.3. The highest BCUT2D eigenvalue weighted by Crippen LogP contribution is 2.22. The number of aryl methyl sites for hydroxylation is 1. The summed E-state index contributed by atoms with van der Waals surface area (Å²) in [6, 6.07) is 0. The smallest absolute Gasteiger partial charge is 0.308 e. The molecule has 6 heteroatoms. The maximum Gasteiger partial charge on any atom is 0.308 e. The van der Waals surface area contributed by atoms with E-state index < -0.39 is 5.97 Å². The number of nitrogens with zero attached hydrogens (tertiary/aromatic N) is 2. The average Bonchev–Trinajstić information content (AvgIpc) is 2.53. The topological polar surface area (TPSA) is 65.5 Å². The van der Waals surface area contributed by atoms with Crippen LogP contribution in [0.15, 0.2) is 0 Å². The van der Waals surface area contributed by atoms with Crippen molar-refractivity contribution >= 4 is 22.4 Å². The van der Waals surface area contributed by atoms with Crippen LogP contribution in [0, 0.1) is 6.92 Å². The third kappa shape index (κ3) is 5.14. The van der Waals surface area contributed by atoms with Gasteiger partial charge < -0.3 is 15.3 Å². The van der Waals surface area contributed by atoms with Gasteiger partial charge >= 0.3 is 5.97 Å². The second-order valence-corrected chi connectivity index (χ2v) is 5.27. The van der Waals surface area contributed by atoms with E-state index in [-0.39, 0.29) is 6.42 Å². The number of hydrogen-bond donors (Lipinski definition) is 2. The third-order valence-electron chi connectivity index (χ3n) is 2.26. The molecular weight excluding hydrogens is 238 g/mol. The zero-order valence-electron chi connectivity index (χ0n) is 10.5. The summed E-state index contributed by atoms with van der Waals surface area (Å²) >= 11 is 1.43. The molecule has 96 valence electrons. The first-order valence-electron chi connectivity index (χ1n) is 5.55. The van der Waals surface area contributed by atoms with Gasteiger partial charge in [-0.25, -0.2) is 4.98 Å². The Balaban J connectivity index is 2.41. The average molecular weight is 257 g/mol. The second kappa shape index (κ2) is 6.56. The Labute approximate surface area is 105 Å². The summed E-state index contributed by atoms with van der Waals surface area (Å²) in [5, 5.41) is 12.8. The van der Waals surface area contributed by atoms with Gasteiger partial charge in [0.15, 0.2) is 5.13 Å². The van der Waals surface area contributed by atoms with Gasteiger partial charge in [0.05, 0.1) is 12.1 Å². The SMILES string of the molecule is Cc1nc(NCCCN(C)C)sc1CC(=O)O. The Bertz CT molecular complexity index is 377. The predicted molar refractivity (Wildman–Crippen MR) is 69.9 cm³/mol. The lowest BCUT2D eigenvalue weighted by Crippen LogP contribution is -2.16. The van der Waals surface area contributed by atoms with E-state index in [4.69, 9.17) is 5.11 Å². The Kier molecular flexibility index (Phi) is 5.37. The molecule has 1 rings (SSSR count). The lowest BCUT2D eigenvalue weighted by molar-refractivity contribution is -0.136. The molecule has 0 fully saturated rings. The van der Waals surface area contributed by atoms with Crippen LogP contribution in [-0.4, -0.2) is 48.1 Å². The van der Waals surface area contributed by atoms with Crippen molar-refractivity contribution < 1.29 is 9.90 Å². The number of anilines is 1. The van der Waals surface area contributed by atoms with Crippen LogP contribution in [0.25, 0.3) is 0 Å². The number of carboxylic acids is 1.